The Kier molecular flexibility index (Phi) is 5.38. The average molecular weight is 241 g/mol. The van der Waals surface area contributed by atoms with Crippen LogP contribution in [0.15, 0.2) is 11.4 Å². The number of imidazole rings is 1. The summed E-state index contributed by atoms with van der Waals surface area (Å²) in [4.78, 5) is 18.6. The van der Waals surface area contributed by atoms with Crippen LogP contribution in [0.4, 0.5) is 5.82 Å². The van der Waals surface area contributed by atoms with Crippen LogP contribution >= 0.6 is 12.6 Å². The minimum Gasteiger partial charge on any atom is -0.320 e. The number of hydrogen-bond donors (Lipinski definition) is 3. The van der Waals surface area contributed by atoms with Gasteiger partial charge in [0.25, 0.3) is 0 Å². The Morgan fingerprint density at radius 3 is 2.88 bits per heavy atom. The van der Waals surface area contributed by atoms with Crippen molar-refractivity contribution in [3.05, 3.63) is 6.20 Å². The number of unbranched alkanes of at least 4 members (excludes halogenated alkanes) is 1. The fraction of sp³-hybridized carbons (Fsp3) is 0.636. The van der Waals surface area contributed by atoms with Crippen LogP contribution < -0.4 is 5.32 Å². The molecule has 0 saturated heterocycles. The molecular weight excluding hydrogens is 222 g/mol. The van der Waals surface area contributed by atoms with E-state index in [1.165, 1.54) is 0 Å². The molecule has 1 unspecified atom stereocenters. The predicted octanol–water partition coefficient (Wildman–Crippen LogP) is 2.85. The van der Waals surface area contributed by atoms with Crippen molar-refractivity contribution in [1.29, 1.82) is 0 Å². The first-order chi connectivity index (χ1) is 7.67. The molecule has 1 rings (SSSR count). The van der Waals surface area contributed by atoms with Gasteiger partial charge in [-0.05, 0) is 12.8 Å². The number of carbonyl (C=O) groups is 1. The van der Waals surface area contributed by atoms with E-state index in [-0.39, 0.29) is 11.8 Å². The summed E-state index contributed by atoms with van der Waals surface area (Å²) in [6.07, 6.45) is 5.60. The van der Waals surface area contributed by atoms with Gasteiger partial charge in [0, 0.05) is 5.92 Å². The molecule has 1 aromatic heterocycles. The zero-order valence-corrected chi connectivity index (χ0v) is 10.7. The number of hydrogen-bond acceptors (Lipinski definition) is 3. The van der Waals surface area contributed by atoms with Crippen LogP contribution in [0.2, 0.25) is 0 Å². The number of aromatic nitrogens is 2. The van der Waals surface area contributed by atoms with Gasteiger partial charge in [-0.3, -0.25) is 4.79 Å². The highest BCUT2D eigenvalue weighted by molar-refractivity contribution is 7.80. The van der Waals surface area contributed by atoms with Crippen molar-refractivity contribution in [3.63, 3.8) is 0 Å². The number of nitrogens with one attached hydrogen (secondary N) is 2. The molecule has 1 amide bonds. The largest absolute Gasteiger partial charge is 0.320 e. The van der Waals surface area contributed by atoms with Gasteiger partial charge in [-0.2, -0.15) is 0 Å². The van der Waals surface area contributed by atoms with E-state index < -0.39 is 0 Å². The van der Waals surface area contributed by atoms with Crippen molar-refractivity contribution in [2.45, 2.75) is 44.7 Å². The summed E-state index contributed by atoms with van der Waals surface area (Å²) >= 11 is 4.04. The van der Waals surface area contributed by atoms with Gasteiger partial charge in [0.05, 0.1) is 6.20 Å². The molecule has 0 radical (unpaired) electrons. The molecule has 0 fully saturated rings. The first-order valence-corrected chi connectivity index (χ1v) is 6.16. The number of anilines is 1. The summed E-state index contributed by atoms with van der Waals surface area (Å²) in [7, 11) is 0. The number of amides is 1. The molecule has 5 heteroatoms. The molecule has 1 atom stereocenters. The number of aromatic amines is 1. The smallest absolute Gasteiger partial charge is 0.228 e. The lowest BCUT2D eigenvalue weighted by Gasteiger charge is -2.13. The zero-order valence-electron chi connectivity index (χ0n) is 9.79. The van der Waals surface area contributed by atoms with E-state index in [1.54, 1.807) is 6.20 Å². The summed E-state index contributed by atoms with van der Waals surface area (Å²) in [5.74, 6) is 0.768. The molecule has 0 aliphatic rings. The number of nitrogens with zero attached hydrogens (tertiary/aromatic N) is 1. The number of thiol groups is 1. The van der Waals surface area contributed by atoms with Crippen molar-refractivity contribution in [2.24, 2.45) is 5.92 Å². The van der Waals surface area contributed by atoms with E-state index in [9.17, 15) is 4.79 Å². The third-order valence-electron chi connectivity index (χ3n) is 2.59. The van der Waals surface area contributed by atoms with E-state index >= 15 is 0 Å². The Morgan fingerprint density at radius 1 is 1.62 bits per heavy atom. The second-order valence-electron chi connectivity index (χ2n) is 3.86. The van der Waals surface area contributed by atoms with Crippen LogP contribution in [0.25, 0.3) is 0 Å². The maximum atomic E-state index is 11.9. The van der Waals surface area contributed by atoms with Gasteiger partial charge >= 0.3 is 0 Å². The molecule has 16 heavy (non-hydrogen) atoms. The van der Waals surface area contributed by atoms with Gasteiger partial charge < -0.3 is 10.3 Å². The van der Waals surface area contributed by atoms with Gasteiger partial charge in [-0.25, -0.2) is 4.98 Å². The zero-order chi connectivity index (χ0) is 12.0. The summed E-state index contributed by atoms with van der Waals surface area (Å²) in [6.45, 7) is 4.17. The Hall–Kier alpha value is -0.970. The topological polar surface area (TPSA) is 57.8 Å². The standard InChI is InChI=1S/C11H19N3OS/c1-3-5-6-8(4-2)10(15)13-9-7-12-11(16)14-9/h7-8H,3-6H2,1-2H3,(H,13,15)(H2,12,14,16). The van der Waals surface area contributed by atoms with E-state index in [2.05, 4.69) is 34.8 Å². The van der Waals surface area contributed by atoms with E-state index in [0.717, 1.165) is 25.7 Å². The molecule has 0 spiro atoms. The molecule has 0 aliphatic carbocycles. The van der Waals surface area contributed by atoms with Crippen molar-refractivity contribution in [3.8, 4) is 0 Å². The molecule has 4 nitrogen and oxygen atoms in total. The summed E-state index contributed by atoms with van der Waals surface area (Å²) in [5, 5.41) is 3.33. The molecule has 0 aromatic carbocycles. The Morgan fingerprint density at radius 2 is 2.38 bits per heavy atom. The van der Waals surface area contributed by atoms with Crippen LogP contribution in [-0.4, -0.2) is 15.9 Å². The van der Waals surface area contributed by atoms with Gasteiger partial charge in [-0.15, -0.1) is 12.6 Å². The van der Waals surface area contributed by atoms with Crippen LogP contribution in [0.1, 0.15) is 39.5 Å². The molecule has 1 heterocycles. The minimum absolute atomic E-state index is 0.0629. The summed E-state index contributed by atoms with van der Waals surface area (Å²) in [6, 6.07) is 0. The fourth-order valence-corrected chi connectivity index (χ4v) is 1.76. The lowest BCUT2D eigenvalue weighted by Crippen LogP contribution is -2.22. The SMILES string of the molecule is CCCCC(CC)C(=O)Nc1cnc(S)[nH]1. The molecule has 90 valence electrons. The molecule has 0 bridgehead atoms. The van der Waals surface area contributed by atoms with Gasteiger partial charge in [-0.1, -0.05) is 26.7 Å². The maximum absolute atomic E-state index is 11.9. The predicted molar refractivity (Wildman–Crippen MR) is 67.8 cm³/mol. The molecule has 0 saturated carbocycles. The van der Waals surface area contributed by atoms with Crippen molar-refractivity contribution in [1.82, 2.24) is 9.97 Å². The van der Waals surface area contributed by atoms with E-state index in [4.69, 9.17) is 0 Å². The second kappa shape index (κ2) is 6.58. The monoisotopic (exact) mass is 241 g/mol. The second-order valence-corrected chi connectivity index (χ2v) is 4.28. The third-order valence-corrected chi connectivity index (χ3v) is 2.82. The average Bonchev–Trinajstić information content (AvgIpc) is 2.65. The lowest BCUT2D eigenvalue weighted by atomic mass is 9.98. The number of H-pyrrole nitrogens is 1. The maximum Gasteiger partial charge on any atom is 0.228 e. The number of rotatable bonds is 6. The van der Waals surface area contributed by atoms with Crippen LogP contribution in [-0.2, 0) is 4.79 Å². The minimum atomic E-state index is 0.0629. The summed E-state index contributed by atoms with van der Waals surface area (Å²) < 4.78 is 0. The molecule has 0 aliphatic heterocycles. The Balaban J connectivity index is 2.49. The summed E-state index contributed by atoms with van der Waals surface area (Å²) in [5.41, 5.74) is 0. The highest BCUT2D eigenvalue weighted by Gasteiger charge is 2.16. The van der Waals surface area contributed by atoms with Crippen LogP contribution in [0, 0.1) is 5.92 Å². The van der Waals surface area contributed by atoms with Crippen molar-refractivity contribution < 1.29 is 4.79 Å². The lowest BCUT2D eigenvalue weighted by molar-refractivity contribution is -0.120. The fourth-order valence-electron chi connectivity index (χ4n) is 1.58. The third kappa shape index (κ3) is 3.89. The number of carbonyl (C=O) groups excluding carboxylic acids is 1. The van der Waals surface area contributed by atoms with E-state index in [0.29, 0.717) is 11.0 Å². The highest BCUT2D eigenvalue weighted by Crippen LogP contribution is 2.15. The van der Waals surface area contributed by atoms with Crippen molar-refractivity contribution >= 4 is 24.4 Å². The first-order valence-electron chi connectivity index (χ1n) is 5.72. The Bertz CT molecular complexity index is 338. The quantitative estimate of drug-likeness (QED) is 0.671. The van der Waals surface area contributed by atoms with Crippen molar-refractivity contribution in [2.75, 3.05) is 5.32 Å². The van der Waals surface area contributed by atoms with Crippen LogP contribution in [0.3, 0.4) is 0 Å². The van der Waals surface area contributed by atoms with Gasteiger partial charge in [0.1, 0.15) is 5.82 Å². The molecule has 1 aromatic rings. The molecule has 2 N–H and O–H groups in total. The first kappa shape index (κ1) is 13.1. The highest BCUT2D eigenvalue weighted by atomic mass is 32.1. The van der Waals surface area contributed by atoms with E-state index in [1.807, 2.05) is 6.92 Å². The Labute approximate surface area is 102 Å². The molecular formula is C11H19N3OS. The van der Waals surface area contributed by atoms with Gasteiger partial charge in [0.2, 0.25) is 5.91 Å². The normalized spacial score (nSPS) is 12.4. The van der Waals surface area contributed by atoms with Gasteiger partial charge in [0.15, 0.2) is 5.16 Å². The van der Waals surface area contributed by atoms with Crippen LogP contribution in [0.5, 0.6) is 0 Å².